The second-order valence-electron chi connectivity index (χ2n) is 4.42. The van der Waals surface area contributed by atoms with Crippen molar-refractivity contribution in [1.82, 2.24) is 5.01 Å². The number of hydrogen-bond donors (Lipinski definition) is 0. The van der Waals surface area contributed by atoms with E-state index in [0.717, 1.165) is 30.7 Å². The normalized spacial score (nSPS) is 46.4. The van der Waals surface area contributed by atoms with Crippen LogP contribution >= 0.6 is 0 Å². The summed E-state index contributed by atoms with van der Waals surface area (Å²) in [5.41, 5.74) is 0. The summed E-state index contributed by atoms with van der Waals surface area (Å²) in [5, 5.41) is 6.69. The lowest BCUT2D eigenvalue weighted by molar-refractivity contribution is 0.0430. The maximum atomic E-state index is 4.40. The third-order valence-corrected chi connectivity index (χ3v) is 3.77. The lowest BCUT2D eigenvalue weighted by atomic mass is 9.76. The first-order valence-corrected chi connectivity index (χ1v) is 4.99. The van der Waals surface area contributed by atoms with Crippen LogP contribution in [0.3, 0.4) is 0 Å². The molecule has 0 saturated carbocycles. The summed E-state index contributed by atoms with van der Waals surface area (Å²) in [7, 11) is 0. The summed E-state index contributed by atoms with van der Waals surface area (Å²) in [6.07, 6.45) is 3.24. The zero-order valence-corrected chi connectivity index (χ0v) is 8.20. The van der Waals surface area contributed by atoms with Crippen molar-refractivity contribution in [3.63, 3.8) is 0 Å². The Kier molecular flexibility index (Phi) is 1.85. The average molecular weight is 166 g/mol. The van der Waals surface area contributed by atoms with Crippen molar-refractivity contribution in [2.24, 2.45) is 22.9 Å². The summed E-state index contributed by atoms with van der Waals surface area (Å²) in [5.74, 6) is 2.45. The van der Waals surface area contributed by atoms with Gasteiger partial charge in [-0.3, -0.25) is 5.01 Å². The minimum Gasteiger partial charge on any atom is -0.293 e. The van der Waals surface area contributed by atoms with Gasteiger partial charge in [0.25, 0.3) is 0 Å². The Bertz CT molecular complexity index is 200. The predicted octanol–water partition coefficient (Wildman–Crippen LogP) is 1.97. The SMILES string of the molecule is CC1CN2N=CCC2C(C)C1C. The average Bonchev–Trinajstić information content (AvgIpc) is 2.48. The van der Waals surface area contributed by atoms with Crippen molar-refractivity contribution >= 4 is 6.21 Å². The molecule has 2 nitrogen and oxygen atoms in total. The first kappa shape index (κ1) is 8.09. The summed E-state index contributed by atoms with van der Waals surface area (Å²) in [6, 6.07) is 0.705. The number of hydrazone groups is 1. The van der Waals surface area contributed by atoms with Gasteiger partial charge in [-0.15, -0.1) is 0 Å². The summed E-state index contributed by atoms with van der Waals surface area (Å²) in [4.78, 5) is 0. The molecule has 0 bridgehead atoms. The molecule has 2 aliphatic heterocycles. The molecule has 2 heterocycles. The van der Waals surface area contributed by atoms with E-state index in [0.29, 0.717) is 6.04 Å². The molecular formula is C10H18N2. The number of rotatable bonds is 0. The first-order chi connectivity index (χ1) is 5.70. The topological polar surface area (TPSA) is 15.6 Å². The highest BCUT2D eigenvalue weighted by Gasteiger charge is 2.37. The second-order valence-corrected chi connectivity index (χ2v) is 4.42. The largest absolute Gasteiger partial charge is 0.293 e. The van der Waals surface area contributed by atoms with Crippen LogP contribution < -0.4 is 0 Å². The van der Waals surface area contributed by atoms with E-state index in [-0.39, 0.29) is 0 Å². The van der Waals surface area contributed by atoms with Gasteiger partial charge in [0.15, 0.2) is 0 Å². The van der Waals surface area contributed by atoms with E-state index in [1.165, 1.54) is 0 Å². The lowest BCUT2D eigenvalue weighted by Gasteiger charge is -2.42. The van der Waals surface area contributed by atoms with Gasteiger partial charge in [-0.05, 0) is 17.8 Å². The zero-order valence-electron chi connectivity index (χ0n) is 8.20. The molecule has 4 unspecified atom stereocenters. The molecule has 0 aliphatic carbocycles. The van der Waals surface area contributed by atoms with E-state index in [4.69, 9.17) is 0 Å². The Hall–Kier alpha value is -0.530. The van der Waals surface area contributed by atoms with Crippen LogP contribution in [0, 0.1) is 17.8 Å². The van der Waals surface area contributed by atoms with Crippen LogP contribution in [-0.2, 0) is 0 Å². The lowest BCUT2D eigenvalue weighted by Crippen LogP contribution is -2.46. The van der Waals surface area contributed by atoms with Gasteiger partial charge in [-0.25, -0.2) is 0 Å². The van der Waals surface area contributed by atoms with Gasteiger partial charge in [0.1, 0.15) is 0 Å². The summed E-state index contributed by atoms with van der Waals surface area (Å²) < 4.78 is 0. The van der Waals surface area contributed by atoms with E-state index in [1.807, 2.05) is 0 Å². The molecule has 12 heavy (non-hydrogen) atoms. The minimum absolute atomic E-state index is 0.705. The summed E-state index contributed by atoms with van der Waals surface area (Å²) in [6.45, 7) is 8.25. The Balaban J connectivity index is 2.13. The molecular weight excluding hydrogens is 148 g/mol. The van der Waals surface area contributed by atoms with E-state index in [2.05, 4.69) is 37.1 Å². The molecule has 2 aliphatic rings. The second kappa shape index (κ2) is 2.75. The van der Waals surface area contributed by atoms with E-state index >= 15 is 0 Å². The maximum Gasteiger partial charge on any atom is 0.0548 e. The Morgan fingerprint density at radius 2 is 2.00 bits per heavy atom. The maximum absolute atomic E-state index is 4.40. The number of nitrogens with zero attached hydrogens (tertiary/aromatic N) is 2. The van der Waals surface area contributed by atoms with Crippen molar-refractivity contribution in [2.45, 2.75) is 33.2 Å². The van der Waals surface area contributed by atoms with E-state index in [9.17, 15) is 0 Å². The van der Waals surface area contributed by atoms with Gasteiger partial charge in [0.05, 0.1) is 6.04 Å². The molecule has 0 spiro atoms. The third-order valence-electron chi connectivity index (χ3n) is 3.77. The van der Waals surface area contributed by atoms with Gasteiger partial charge in [-0.1, -0.05) is 20.8 Å². The number of hydrogen-bond acceptors (Lipinski definition) is 2. The molecule has 0 amide bonds. The van der Waals surface area contributed by atoms with Crippen molar-refractivity contribution in [3.05, 3.63) is 0 Å². The van der Waals surface area contributed by atoms with E-state index in [1.54, 1.807) is 0 Å². The van der Waals surface area contributed by atoms with Crippen LogP contribution in [0.4, 0.5) is 0 Å². The van der Waals surface area contributed by atoms with Crippen molar-refractivity contribution < 1.29 is 0 Å². The fraction of sp³-hybridized carbons (Fsp3) is 0.900. The fourth-order valence-corrected chi connectivity index (χ4v) is 2.47. The van der Waals surface area contributed by atoms with Crippen molar-refractivity contribution in [1.29, 1.82) is 0 Å². The molecule has 2 heteroatoms. The highest BCUT2D eigenvalue weighted by molar-refractivity contribution is 5.60. The van der Waals surface area contributed by atoms with Crippen LogP contribution in [0.2, 0.25) is 0 Å². The predicted molar refractivity (Wildman–Crippen MR) is 51.1 cm³/mol. The Morgan fingerprint density at radius 3 is 2.75 bits per heavy atom. The van der Waals surface area contributed by atoms with Crippen LogP contribution in [-0.4, -0.2) is 23.8 Å². The minimum atomic E-state index is 0.705. The number of piperidine rings is 1. The van der Waals surface area contributed by atoms with Crippen LogP contribution in [0.15, 0.2) is 5.10 Å². The molecule has 0 aromatic heterocycles. The molecule has 1 saturated heterocycles. The Labute approximate surface area is 74.6 Å². The molecule has 0 aromatic carbocycles. The first-order valence-electron chi connectivity index (χ1n) is 4.99. The Morgan fingerprint density at radius 1 is 1.25 bits per heavy atom. The standard InChI is InChI=1S/C10H18N2/c1-7-6-12-10(4-5-11-12)9(3)8(7)2/h5,7-10H,4,6H2,1-3H3. The molecule has 0 radical (unpaired) electrons. The fourth-order valence-electron chi connectivity index (χ4n) is 2.47. The molecule has 2 rings (SSSR count). The van der Waals surface area contributed by atoms with Crippen molar-refractivity contribution in [2.75, 3.05) is 6.54 Å². The molecule has 4 atom stereocenters. The smallest absolute Gasteiger partial charge is 0.0548 e. The quantitative estimate of drug-likeness (QED) is 0.537. The highest BCUT2D eigenvalue weighted by atomic mass is 15.5. The monoisotopic (exact) mass is 166 g/mol. The van der Waals surface area contributed by atoms with Gasteiger partial charge in [0.2, 0.25) is 0 Å². The van der Waals surface area contributed by atoms with Gasteiger partial charge < -0.3 is 0 Å². The molecule has 1 fully saturated rings. The van der Waals surface area contributed by atoms with Gasteiger partial charge in [0, 0.05) is 19.2 Å². The molecule has 0 aromatic rings. The van der Waals surface area contributed by atoms with Crippen LogP contribution in [0.5, 0.6) is 0 Å². The van der Waals surface area contributed by atoms with Gasteiger partial charge in [-0.2, -0.15) is 5.10 Å². The van der Waals surface area contributed by atoms with Crippen molar-refractivity contribution in [3.8, 4) is 0 Å². The van der Waals surface area contributed by atoms with Crippen LogP contribution in [0.25, 0.3) is 0 Å². The van der Waals surface area contributed by atoms with Crippen LogP contribution in [0.1, 0.15) is 27.2 Å². The third kappa shape index (κ3) is 1.05. The molecule has 0 N–H and O–H groups in total. The number of fused-ring (bicyclic) bond motifs is 1. The molecule has 68 valence electrons. The zero-order chi connectivity index (χ0) is 8.72. The van der Waals surface area contributed by atoms with E-state index < -0.39 is 0 Å². The van der Waals surface area contributed by atoms with Gasteiger partial charge >= 0.3 is 0 Å². The highest BCUT2D eigenvalue weighted by Crippen LogP contribution is 2.35. The summed E-state index contributed by atoms with van der Waals surface area (Å²) >= 11 is 0.